The van der Waals surface area contributed by atoms with Gasteiger partial charge < -0.3 is 10.4 Å². The van der Waals surface area contributed by atoms with E-state index >= 15 is 0 Å². The van der Waals surface area contributed by atoms with E-state index in [4.69, 9.17) is 0 Å². The summed E-state index contributed by atoms with van der Waals surface area (Å²) in [4.78, 5) is 0. The van der Waals surface area contributed by atoms with Gasteiger partial charge in [-0.3, -0.25) is 0 Å². The van der Waals surface area contributed by atoms with Gasteiger partial charge in [-0.25, -0.2) is 0 Å². The zero-order valence-electron chi connectivity index (χ0n) is 10.7. The van der Waals surface area contributed by atoms with Crippen LogP contribution in [0.2, 0.25) is 0 Å². The minimum Gasteiger partial charge on any atom is -0.389 e. The smallest absolute Gasteiger partial charge is 0.0771 e. The van der Waals surface area contributed by atoms with Crippen molar-refractivity contribution < 1.29 is 5.11 Å². The maximum atomic E-state index is 10.5. The number of hydrogen-bond acceptors (Lipinski definition) is 2. The molecule has 94 valence electrons. The van der Waals surface area contributed by atoms with Crippen LogP contribution in [0.5, 0.6) is 0 Å². The van der Waals surface area contributed by atoms with Crippen LogP contribution in [0, 0.1) is 5.41 Å². The minimum absolute atomic E-state index is 0.406. The maximum Gasteiger partial charge on any atom is 0.0771 e. The van der Waals surface area contributed by atoms with Crippen LogP contribution in [0.15, 0.2) is 0 Å². The van der Waals surface area contributed by atoms with E-state index in [1.165, 1.54) is 44.9 Å². The molecule has 2 N–H and O–H groups in total. The molecule has 0 heterocycles. The summed E-state index contributed by atoms with van der Waals surface area (Å²) in [6.07, 6.45) is 11.1. The lowest BCUT2D eigenvalue weighted by Gasteiger charge is -2.39. The maximum absolute atomic E-state index is 10.5. The van der Waals surface area contributed by atoms with E-state index in [2.05, 4.69) is 12.2 Å². The molecule has 2 rings (SSSR count). The molecule has 0 unspecified atom stereocenters. The second kappa shape index (κ2) is 5.05. The van der Waals surface area contributed by atoms with Gasteiger partial charge in [0.05, 0.1) is 5.60 Å². The third-order valence-electron chi connectivity index (χ3n) is 4.60. The second-order valence-corrected chi connectivity index (χ2v) is 6.41. The van der Waals surface area contributed by atoms with Crippen LogP contribution < -0.4 is 5.32 Å². The summed E-state index contributed by atoms with van der Waals surface area (Å²) in [5.41, 5.74) is 0.123. The van der Waals surface area contributed by atoms with Crippen LogP contribution >= 0.6 is 0 Å². The van der Waals surface area contributed by atoms with Crippen molar-refractivity contribution in [3.05, 3.63) is 0 Å². The Morgan fingerprint density at radius 2 is 1.50 bits per heavy atom. The second-order valence-electron chi connectivity index (χ2n) is 6.41. The van der Waals surface area contributed by atoms with Gasteiger partial charge in [0.25, 0.3) is 0 Å². The van der Waals surface area contributed by atoms with Gasteiger partial charge in [0.1, 0.15) is 0 Å². The van der Waals surface area contributed by atoms with E-state index < -0.39 is 5.60 Å². The first-order valence-electron chi connectivity index (χ1n) is 7.05. The van der Waals surface area contributed by atoms with Crippen LogP contribution in [0.1, 0.15) is 64.7 Å². The SMILES string of the molecule is CC1(CNCC2(O)CCCCCC2)CCC1. The molecule has 0 amide bonds. The van der Waals surface area contributed by atoms with Gasteiger partial charge in [0, 0.05) is 13.1 Å². The molecule has 0 saturated heterocycles. The molecule has 2 fully saturated rings. The fourth-order valence-electron chi connectivity index (χ4n) is 3.12. The molecular formula is C14H27NO. The molecule has 0 spiro atoms. The first-order valence-corrected chi connectivity index (χ1v) is 7.05. The highest BCUT2D eigenvalue weighted by atomic mass is 16.3. The molecule has 2 heteroatoms. The Bertz CT molecular complexity index is 215. The average molecular weight is 225 g/mol. The molecular weight excluding hydrogens is 198 g/mol. The Kier molecular flexibility index (Phi) is 3.91. The summed E-state index contributed by atoms with van der Waals surface area (Å²) in [7, 11) is 0. The summed E-state index contributed by atoms with van der Waals surface area (Å²) < 4.78 is 0. The van der Waals surface area contributed by atoms with Gasteiger partial charge >= 0.3 is 0 Å². The lowest BCUT2D eigenvalue weighted by Crippen LogP contribution is -2.45. The fourth-order valence-corrected chi connectivity index (χ4v) is 3.12. The topological polar surface area (TPSA) is 32.3 Å². The van der Waals surface area contributed by atoms with Crippen molar-refractivity contribution in [2.75, 3.05) is 13.1 Å². The largest absolute Gasteiger partial charge is 0.389 e. The fraction of sp³-hybridized carbons (Fsp3) is 1.00. The molecule has 0 aromatic rings. The molecule has 0 aliphatic heterocycles. The van der Waals surface area contributed by atoms with Crippen LogP contribution in [-0.2, 0) is 0 Å². The predicted molar refractivity (Wildman–Crippen MR) is 67.5 cm³/mol. The van der Waals surface area contributed by atoms with Gasteiger partial charge in [-0.2, -0.15) is 0 Å². The van der Waals surface area contributed by atoms with Gasteiger partial charge in [0.2, 0.25) is 0 Å². The Labute approximate surface area is 99.8 Å². The highest BCUT2D eigenvalue weighted by Gasteiger charge is 2.33. The van der Waals surface area contributed by atoms with E-state index in [1.54, 1.807) is 0 Å². The van der Waals surface area contributed by atoms with Crippen LogP contribution in [-0.4, -0.2) is 23.8 Å². The number of aliphatic hydroxyl groups is 1. The van der Waals surface area contributed by atoms with E-state index in [0.717, 1.165) is 25.9 Å². The summed E-state index contributed by atoms with van der Waals surface area (Å²) in [6.45, 7) is 4.26. The summed E-state index contributed by atoms with van der Waals surface area (Å²) >= 11 is 0. The van der Waals surface area contributed by atoms with Crippen molar-refractivity contribution >= 4 is 0 Å². The Hall–Kier alpha value is -0.0800. The van der Waals surface area contributed by atoms with E-state index in [-0.39, 0.29) is 0 Å². The van der Waals surface area contributed by atoms with Crippen molar-refractivity contribution in [3.63, 3.8) is 0 Å². The highest BCUT2D eigenvalue weighted by molar-refractivity contribution is 4.88. The van der Waals surface area contributed by atoms with Gasteiger partial charge in [-0.15, -0.1) is 0 Å². The van der Waals surface area contributed by atoms with Crippen molar-refractivity contribution in [1.29, 1.82) is 0 Å². The molecule has 2 aliphatic carbocycles. The lowest BCUT2D eigenvalue weighted by atomic mass is 9.70. The third kappa shape index (κ3) is 3.21. The Morgan fingerprint density at radius 1 is 0.875 bits per heavy atom. The van der Waals surface area contributed by atoms with Gasteiger partial charge in [-0.05, 0) is 31.1 Å². The molecule has 0 aromatic carbocycles. The van der Waals surface area contributed by atoms with E-state index in [1.807, 2.05) is 0 Å². The summed E-state index contributed by atoms with van der Waals surface area (Å²) in [5, 5.41) is 14.0. The van der Waals surface area contributed by atoms with Crippen LogP contribution in [0.3, 0.4) is 0 Å². The first kappa shape index (κ1) is 12.4. The molecule has 0 aromatic heterocycles. The average Bonchev–Trinajstić information content (AvgIpc) is 2.41. The lowest BCUT2D eigenvalue weighted by molar-refractivity contribution is 0.0201. The van der Waals surface area contributed by atoms with Crippen molar-refractivity contribution in [1.82, 2.24) is 5.32 Å². The number of nitrogens with one attached hydrogen (secondary N) is 1. The quantitative estimate of drug-likeness (QED) is 0.721. The predicted octanol–water partition coefficient (Wildman–Crippen LogP) is 2.85. The molecule has 2 saturated carbocycles. The number of rotatable bonds is 4. The molecule has 2 aliphatic rings. The minimum atomic E-state index is -0.406. The molecule has 0 atom stereocenters. The van der Waals surface area contributed by atoms with Crippen LogP contribution in [0.25, 0.3) is 0 Å². The monoisotopic (exact) mass is 225 g/mol. The van der Waals surface area contributed by atoms with E-state index in [9.17, 15) is 5.11 Å². The summed E-state index contributed by atoms with van der Waals surface area (Å²) in [6, 6.07) is 0. The number of hydrogen-bond donors (Lipinski definition) is 2. The molecule has 16 heavy (non-hydrogen) atoms. The summed E-state index contributed by atoms with van der Waals surface area (Å²) in [5.74, 6) is 0. The van der Waals surface area contributed by atoms with Crippen molar-refractivity contribution in [3.8, 4) is 0 Å². The van der Waals surface area contributed by atoms with Gasteiger partial charge in [-0.1, -0.05) is 39.0 Å². The molecule has 0 bridgehead atoms. The Balaban J connectivity index is 1.70. The van der Waals surface area contributed by atoms with Crippen molar-refractivity contribution in [2.24, 2.45) is 5.41 Å². The standard InChI is InChI=1S/C14H27NO/c1-13(7-6-8-13)11-15-12-14(16)9-4-2-3-5-10-14/h15-16H,2-12H2,1H3. The highest BCUT2D eigenvalue weighted by Crippen LogP contribution is 2.39. The Morgan fingerprint density at radius 3 is 2.00 bits per heavy atom. The third-order valence-corrected chi connectivity index (χ3v) is 4.60. The molecule has 2 nitrogen and oxygen atoms in total. The van der Waals surface area contributed by atoms with Gasteiger partial charge in [0.15, 0.2) is 0 Å². The zero-order chi connectivity index (χ0) is 11.5. The van der Waals surface area contributed by atoms with Crippen LogP contribution in [0.4, 0.5) is 0 Å². The normalized spacial score (nSPS) is 28.1. The van der Waals surface area contributed by atoms with Crippen molar-refractivity contribution in [2.45, 2.75) is 70.3 Å². The zero-order valence-corrected chi connectivity index (χ0v) is 10.7. The first-order chi connectivity index (χ1) is 7.62. The molecule has 0 radical (unpaired) electrons. The van der Waals surface area contributed by atoms with E-state index in [0.29, 0.717) is 5.41 Å².